The quantitative estimate of drug-likeness (QED) is 0.522. The lowest BCUT2D eigenvalue weighted by atomic mass is 9.94. The van der Waals surface area contributed by atoms with Gasteiger partial charge < -0.3 is 5.32 Å². The molecule has 0 spiro atoms. The van der Waals surface area contributed by atoms with Crippen LogP contribution < -0.4 is 5.32 Å². The van der Waals surface area contributed by atoms with Gasteiger partial charge in [0.1, 0.15) is 0 Å². The molecular formula is C25H22N2O. The van der Waals surface area contributed by atoms with Crippen LogP contribution in [0.5, 0.6) is 0 Å². The van der Waals surface area contributed by atoms with Gasteiger partial charge in [-0.05, 0) is 59.2 Å². The summed E-state index contributed by atoms with van der Waals surface area (Å²) in [7, 11) is 0. The third-order valence-electron chi connectivity index (χ3n) is 5.17. The van der Waals surface area contributed by atoms with E-state index in [1.807, 2.05) is 49.6 Å². The van der Waals surface area contributed by atoms with E-state index in [4.69, 9.17) is 0 Å². The number of hydrogen-bond donors (Lipinski definition) is 1. The van der Waals surface area contributed by atoms with Gasteiger partial charge in [0.05, 0.1) is 0 Å². The minimum Gasteiger partial charge on any atom is -0.348 e. The molecule has 0 saturated carbocycles. The van der Waals surface area contributed by atoms with E-state index < -0.39 is 0 Å². The molecule has 0 radical (unpaired) electrons. The van der Waals surface area contributed by atoms with Crippen molar-refractivity contribution in [3.63, 3.8) is 0 Å². The van der Waals surface area contributed by atoms with Crippen LogP contribution in [0.15, 0.2) is 79.1 Å². The standard InChI is InChI=1S/C25H22N2O/c1-17-7-3-5-9-20(17)22-12-11-19(24-16-26-14-13-23(22)24)15-27-25(28)21-10-6-4-8-18(21)2/h3-14,16H,15H2,1-2H3,(H,27,28). The van der Waals surface area contributed by atoms with Crippen molar-refractivity contribution in [3.8, 4) is 11.1 Å². The van der Waals surface area contributed by atoms with Gasteiger partial charge in [-0.2, -0.15) is 0 Å². The van der Waals surface area contributed by atoms with Crippen molar-refractivity contribution in [3.05, 3.63) is 101 Å². The molecule has 1 heterocycles. The van der Waals surface area contributed by atoms with Crippen LogP contribution in [-0.2, 0) is 6.54 Å². The number of amides is 1. The smallest absolute Gasteiger partial charge is 0.251 e. The molecule has 0 aliphatic carbocycles. The first-order valence-corrected chi connectivity index (χ1v) is 9.40. The zero-order valence-corrected chi connectivity index (χ0v) is 16.1. The van der Waals surface area contributed by atoms with Gasteiger partial charge >= 0.3 is 0 Å². The Hall–Kier alpha value is -3.46. The fraction of sp³-hybridized carbons (Fsp3) is 0.120. The van der Waals surface area contributed by atoms with Crippen LogP contribution in [0.4, 0.5) is 0 Å². The largest absolute Gasteiger partial charge is 0.348 e. The van der Waals surface area contributed by atoms with Crippen LogP contribution in [0.2, 0.25) is 0 Å². The monoisotopic (exact) mass is 366 g/mol. The van der Waals surface area contributed by atoms with Gasteiger partial charge in [0, 0.05) is 29.9 Å². The summed E-state index contributed by atoms with van der Waals surface area (Å²) in [5.74, 6) is -0.0573. The molecule has 0 atom stereocenters. The molecule has 0 saturated heterocycles. The maximum Gasteiger partial charge on any atom is 0.251 e. The molecule has 3 heteroatoms. The molecule has 0 aliphatic rings. The minimum absolute atomic E-state index is 0.0573. The van der Waals surface area contributed by atoms with Crippen LogP contribution >= 0.6 is 0 Å². The van der Waals surface area contributed by atoms with E-state index >= 15 is 0 Å². The Bertz CT molecular complexity index is 1160. The number of nitrogens with one attached hydrogen (secondary N) is 1. The lowest BCUT2D eigenvalue weighted by Gasteiger charge is -2.14. The average Bonchev–Trinajstić information content (AvgIpc) is 2.73. The molecule has 138 valence electrons. The Morgan fingerprint density at radius 2 is 1.57 bits per heavy atom. The number of hydrogen-bond acceptors (Lipinski definition) is 2. The number of nitrogens with zero attached hydrogens (tertiary/aromatic N) is 1. The summed E-state index contributed by atoms with van der Waals surface area (Å²) < 4.78 is 0. The summed E-state index contributed by atoms with van der Waals surface area (Å²) in [6, 6.07) is 22.3. The van der Waals surface area contributed by atoms with Crippen LogP contribution in [0.25, 0.3) is 21.9 Å². The molecule has 1 aromatic heterocycles. The molecule has 3 aromatic carbocycles. The van der Waals surface area contributed by atoms with Gasteiger partial charge in [-0.15, -0.1) is 0 Å². The average molecular weight is 366 g/mol. The van der Waals surface area contributed by atoms with Crippen molar-refractivity contribution in [1.82, 2.24) is 10.3 Å². The van der Waals surface area contributed by atoms with Crippen molar-refractivity contribution in [2.45, 2.75) is 20.4 Å². The first-order chi connectivity index (χ1) is 13.6. The number of carbonyl (C=O) groups is 1. The first-order valence-electron chi connectivity index (χ1n) is 9.40. The summed E-state index contributed by atoms with van der Waals surface area (Å²) >= 11 is 0. The highest BCUT2D eigenvalue weighted by molar-refractivity contribution is 5.99. The fourth-order valence-corrected chi connectivity index (χ4v) is 3.61. The third kappa shape index (κ3) is 3.39. The van der Waals surface area contributed by atoms with Crippen molar-refractivity contribution in [2.75, 3.05) is 0 Å². The first kappa shape index (κ1) is 17.9. The van der Waals surface area contributed by atoms with Gasteiger partial charge in [-0.3, -0.25) is 9.78 Å². The van der Waals surface area contributed by atoms with E-state index in [9.17, 15) is 4.79 Å². The molecule has 28 heavy (non-hydrogen) atoms. The third-order valence-corrected chi connectivity index (χ3v) is 5.17. The van der Waals surface area contributed by atoms with Crippen LogP contribution in [0.3, 0.4) is 0 Å². The highest BCUT2D eigenvalue weighted by atomic mass is 16.1. The number of aromatic nitrogens is 1. The second-order valence-corrected chi connectivity index (χ2v) is 7.01. The van der Waals surface area contributed by atoms with Crippen molar-refractivity contribution >= 4 is 16.7 Å². The van der Waals surface area contributed by atoms with Crippen molar-refractivity contribution < 1.29 is 4.79 Å². The predicted octanol–water partition coefficient (Wildman–Crippen LogP) is 5.45. The summed E-state index contributed by atoms with van der Waals surface area (Å²) in [4.78, 5) is 16.9. The summed E-state index contributed by atoms with van der Waals surface area (Å²) in [5, 5.41) is 5.26. The number of pyridine rings is 1. The van der Waals surface area contributed by atoms with Crippen LogP contribution in [0, 0.1) is 13.8 Å². The summed E-state index contributed by atoms with van der Waals surface area (Å²) in [5.41, 5.74) is 6.38. The molecule has 0 aliphatic heterocycles. The van der Waals surface area contributed by atoms with Gasteiger partial charge in [-0.25, -0.2) is 0 Å². The molecule has 4 rings (SSSR count). The molecule has 0 fully saturated rings. The van der Waals surface area contributed by atoms with Gasteiger partial charge in [0.2, 0.25) is 0 Å². The number of carbonyl (C=O) groups excluding carboxylic acids is 1. The minimum atomic E-state index is -0.0573. The Morgan fingerprint density at radius 3 is 2.36 bits per heavy atom. The molecule has 0 bridgehead atoms. The summed E-state index contributed by atoms with van der Waals surface area (Å²) in [6.45, 7) is 4.54. The highest BCUT2D eigenvalue weighted by Crippen LogP contribution is 2.32. The number of fused-ring (bicyclic) bond motifs is 1. The van der Waals surface area contributed by atoms with Crippen molar-refractivity contribution in [1.29, 1.82) is 0 Å². The fourth-order valence-electron chi connectivity index (χ4n) is 3.61. The SMILES string of the molecule is Cc1ccccc1C(=O)NCc1ccc(-c2ccccc2C)c2ccncc12. The Labute approximate surface area is 165 Å². The number of rotatable bonds is 4. The number of aryl methyl sites for hydroxylation is 2. The van der Waals surface area contributed by atoms with Crippen LogP contribution in [-0.4, -0.2) is 10.9 Å². The van der Waals surface area contributed by atoms with E-state index in [-0.39, 0.29) is 5.91 Å². The van der Waals surface area contributed by atoms with E-state index in [2.05, 4.69) is 53.6 Å². The van der Waals surface area contributed by atoms with E-state index in [0.717, 1.165) is 21.9 Å². The molecule has 0 unspecified atom stereocenters. The van der Waals surface area contributed by atoms with E-state index in [1.54, 1.807) is 0 Å². The van der Waals surface area contributed by atoms with E-state index in [0.29, 0.717) is 12.1 Å². The Kier molecular flexibility index (Phi) is 4.90. The van der Waals surface area contributed by atoms with Gasteiger partial charge in [0.15, 0.2) is 0 Å². The lowest BCUT2D eigenvalue weighted by Crippen LogP contribution is -2.23. The molecule has 4 aromatic rings. The zero-order chi connectivity index (χ0) is 19.5. The maximum atomic E-state index is 12.6. The second-order valence-electron chi connectivity index (χ2n) is 7.01. The highest BCUT2D eigenvalue weighted by Gasteiger charge is 2.12. The van der Waals surface area contributed by atoms with Gasteiger partial charge in [-0.1, -0.05) is 54.6 Å². The topological polar surface area (TPSA) is 42.0 Å². The maximum absolute atomic E-state index is 12.6. The number of benzene rings is 3. The normalized spacial score (nSPS) is 10.8. The molecular weight excluding hydrogens is 344 g/mol. The Balaban J connectivity index is 1.68. The van der Waals surface area contributed by atoms with Gasteiger partial charge in [0.25, 0.3) is 5.91 Å². The lowest BCUT2D eigenvalue weighted by molar-refractivity contribution is 0.0950. The Morgan fingerprint density at radius 1 is 0.821 bits per heavy atom. The van der Waals surface area contributed by atoms with E-state index in [1.165, 1.54) is 16.7 Å². The molecule has 3 nitrogen and oxygen atoms in total. The molecule has 1 N–H and O–H groups in total. The van der Waals surface area contributed by atoms with Crippen molar-refractivity contribution in [2.24, 2.45) is 0 Å². The summed E-state index contributed by atoms with van der Waals surface area (Å²) in [6.07, 6.45) is 3.70. The predicted molar refractivity (Wildman–Crippen MR) is 114 cm³/mol. The molecule has 1 amide bonds. The van der Waals surface area contributed by atoms with Crippen LogP contribution in [0.1, 0.15) is 27.0 Å². The zero-order valence-electron chi connectivity index (χ0n) is 16.1. The second kappa shape index (κ2) is 7.65.